The zero-order valence-electron chi connectivity index (χ0n) is 5.42. The Morgan fingerprint density at radius 3 is 2.89 bits per heavy atom. The van der Waals surface area contributed by atoms with Crippen molar-refractivity contribution in [3.63, 3.8) is 0 Å². The Bertz CT molecular complexity index is 110. The van der Waals surface area contributed by atoms with E-state index in [1.54, 1.807) is 5.48 Å². The number of hydroxylamine groups is 1. The predicted molar refractivity (Wildman–Crippen MR) is 34.0 cm³/mol. The molecule has 3 heteroatoms. The lowest BCUT2D eigenvalue weighted by molar-refractivity contribution is -0.129. The molecule has 9 heavy (non-hydrogen) atoms. The number of allylic oxidation sites excluding steroid dienone is 2. The quantitative estimate of drug-likeness (QED) is 0.337. The smallest absolute Gasteiger partial charge is 0.243 e. The minimum atomic E-state index is -0.340. The number of rotatable bonds is 3. The van der Waals surface area contributed by atoms with Crippen molar-refractivity contribution >= 4 is 5.91 Å². The van der Waals surface area contributed by atoms with Crippen LogP contribution in [0.25, 0.3) is 0 Å². The summed E-state index contributed by atoms with van der Waals surface area (Å²) in [4.78, 5) is 10.3. The third-order valence-electron chi connectivity index (χ3n) is 0.898. The fraction of sp³-hybridized carbons (Fsp3) is 0.500. The number of hydrogen-bond donors (Lipinski definition) is 2. The highest BCUT2D eigenvalue weighted by atomic mass is 16.5. The lowest BCUT2D eigenvalue weighted by atomic mass is 10.3. The lowest BCUT2D eigenvalue weighted by Crippen LogP contribution is -2.17. The fourth-order valence-electron chi connectivity index (χ4n) is 0.437. The number of carbonyl (C=O) groups excluding carboxylic acids is 1. The van der Waals surface area contributed by atoms with Crippen LogP contribution in [-0.4, -0.2) is 11.1 Å². The van der Waals surface area contributed by atoms with Gasteiger partial charge in [-0.3, -0.25) is 10.0 Å². The molecule has 0 radical (unpaired) electrons. The van der Waals surface area contributed by atoms with Crippen molar-refractivity contribution < 1.29 is 10.0 Å². The summed E-state index contributed by atoms with van der Waals surface area (Å²) in [5.74, 6) is -0.340. The molecule has 2 N–H and O–H groups in total. The number of hydrogen-bond acceptors (Lipinski definition) is 2. The molecule has 3 nitrogen and oxygen atoms in total. The molecule has 1 amide bonds. The third kappa shape index (κ3) is 5.03. The molecule has 0 spiro atoms. The summed E-state index contributed by atoms with van der Waals surface area (Å²) in [6.07, 6.45) is 4.77. The highest BCUT2D eigenvalue weighted by Gasteiger charge is 1.93. The van der Waals surface area contributed by atoms with E-state index in [0.717, 1.165) is 0 Å². The standard InChI is InChI=1S/C6H11NO2/c1-2-3-4-5-6(8)7-9/h2-3,9H,4-5H2,1H3,(H,7,8). The molecule has 0 aliphatic carbocycles. The van der Waals surface area contributed by atoms with Gasteiger partial charge in [0, 0.05) is 6.42 Å². The fourth-order valence-corrected chi connectivity index (χ4v) is 0.437. The maximum Gasteiger partial charge on any atom is 0.243 e. The van der Waals surface area contributed by atoms with Crippen LogP contribution in [0.1, 0.15) is 19.8 Å². The Kier molecular flexibility index (Phi) is 4.82. The molecule has 52 valence electrons. The summed E-state index contributed by atoms with van der Waals surface area (Å²) >= 11 is 0. The molecule has 0 heterocycles. The van der Waals surface area contributed by atoms with Crippen LogP contribution in [0, 0.1) is 0 Å². The lowest BCUT2D eigenvalue weighted by Gasteiger charge is -1.91. The van der Waals surface area contributed by atoms with Gasteiger partial charge in [-0.1, -0.05) is 12.2 Å². The highest BCUT2D eigenvalue weighted by Crippen LogP contribution is 1.88. The van der Waals surface area contributed by atoms with Crippen LogP contribution in [-0.2, 0) is 4.79 Å². The maximum atomic E-state index is 10.3. The molecular weight excluding hydrogens is 118 g/mol. The van der Waals surface area contributed by atoms with Gasteiger partial charge in [0.15, 0.2) is 0 Å². The second-order valence-corrected chi connectivity index (χ2v) is 1.64. The van der Waals surface area contributed by atoms with E-state index in [4.69, 9.17) is 5.21 Å². The molecule has 0 saturated carbocycles. The number of carbonyl (C=O) groups is 1. The predicted octanol–water partition coefficient (Wildman–Crippen LogP) is 0.848. The van der Waals surface area contributed by atoms with Gasteiger partial charge in [0.1, 0.15) is 0 Å². The molecule has 0 saturated heterocycles. The Morgan fingerprint density at radius 2 is 2.44 bits per heavy atom. The largest absolute Gasteiger partial charge is 0.289 e. The Hall–Kier alpha value is -0.830. The van der Waals surface area contributed by atoms with Gasteiger partial charge >= 0.3 is 0 Å². The van der Waals surface area contributed by atoms with Gasteiger partial charge in [0.05, 0.1) is 0 Å². The van der Waals surface area contributed by atoms with Crippen molar-refractivity contribution in [3.05, 3.63) is 12.2 Å². The van der Waals surface area contributed by atoms with Crippen LogP contribution in [0.2, 0.25) is 0 Å². The molecule has 0 aromatic rings. The topological polar surface area (TPSA) is 49.3 Å². The molecule has 0 unspecified atom stereocenters. The van der Waals surface area contributed by atoms with Gasteiger partial charge < -0.3 is 0 Å². The van der Waals surface area contributed by atoms with Crippen LogP contribution in [0.15, 0.2) is 12.2 Å². The van der Waals surface area contributed by atoms with Crippen LogP contribution in [0.5, 0.6) is 0 Å². The van der Waals surface area contributed by atoms with E-state index in [9.17, 15) is 4.79 Å². The molecule has 0 atom stereocenters. The van der Waals surface area contributed by atoms with Gasteiger partial charge in [-0.05, 0) is 13.3 Å². The Labute approximate surface area is 54.3 Å². The van der Waals surface area contributed by atoms with Crippen molar-refractivity contribution in [2.24, 2.45) is 0 Å². The van der Waals surface area contributed by atoms with Crippen molar-refractivity contribution in [1.29, 1.82) is 0 Å². The zero-order valence-corrected chi connectivity index (χ0v) is 5.42. The summed E-state index contributed by atoms with van der Waals surface area (Å²) in [7, 11) is 0. The summed E-state index contributed by atoms with van der Waals surface area (Å²) in [5, 5.41) is 8.01. The summed E-state index contributed by atoms with van der Waals surface area (Å²) in [6.45, 7) is 1.89. The number of amides is 1. The van der Waals surface area contributed by atoms with Crippen molar-refractivity contribution in [2.45, 2.75) is 19.8 Å². The van der Waals surface area contributed by atoms with Gasteiger partial charge in [-0.2, -0.15) is 0 Å². The number of nitrogens with one attached hydrogen (secondary N) is 1. The van der Waals surface area contributed by atoms with Gasteiger partial charge in [0.25, 0.3) is 0 Å². The van der Waals surface area contributed by atoms with E-state index in [2.05, 4.69) is 0 Å². The maximum absolute atomic E-state index is 10.3. The molecule has 0 aromatic carbocycles. The van der Waals surface area contributed by atoms with E-state index in [1.807, 2.05) is 19.1 Å². The Morgan fingerprint density at radius 1 is 1.78 bits per heavy atom. The monoisotopic (exact) mass is 129 g/mol. The first kappa shape index (κ1) is 8.17. The van der Waals surface area contributed by atoms with Crippen LogP contribution >= 0.6 is 0 Å². The third-order valence-corrected chi connectivity index (χ3v) is 0.898. The molecular formula is C6H11NO2. The second-order valence-electron chi connectivity index (χ2n) is 1.64. The van der Waals surface area contributed by atoms with Crippen LogP contribution in [0.3, 0.4) is 0 Å². The van der Waals surface area contributed by atoms with E-state index < -0.39 is 0 Å². The SMILES string of the molecule is CC=CCCC(=O)NO. The van der Waals surface area contributed by atoms with E-state index in [0.29, 0.717) is 12.8 Å². The molecule has 0 fully saturated rings. The normalized spacial score (nSPS) is 10.0. The van der Waals surface area contributed by atoms with Crippen molar-refractivity contribution in [2.75, 3.05) is 0 Å². The highest BCUT2D eigenvalue weighted by molar-refractivity contribution is 5.74. The van der Waals surface area contributed by atoms with E-state index in [1.165, 1.54) is 0 Å². The minimum absolute atomic E-state index is 0.340. The average molecular weight is 129 g/mol. The van der Waals surface area contributed by atoms with E-state index in [-0.39, 0.29) is 5.91 Å². The second kappa shape index (κ2) is 5.31. The summed E-state index contributed by atoms with van der Waals surface area (Å²) in [6, 6.07) is 0. The first-order valence-electron chi connectivity index (χ1n) is 2.85. The molecule has 0 aromatic heterocycles. The van der Waals surface area contributed by atoms with Crippen molar-refractivity contribution in [3.8, 4) is 0 Å². The van der Waals surface area contributed by atoms with Crippen LogP contribution < -0.4 is 5.48 Å². The summed E-state index contributed by atoms with van der Waals surface area (Å²) < 4.78 is 0. The molecule has 0 aliphatic rings. The average Bonchev–Trinajstić information content (AvgIpc) is 1.89. The first-order valence-corrected chi connectivity index (χ1v) is 2.85. The molecule has 0 rings (SSSR count). The summed E-state index contributed by atoms with van der Waals surface area (Å²) in [5.41, 5.74) is 1.55. The Balaban J connectivity index is 3.17. The minimum Gasteiger partial charge on any atom is -0.289 e. The first-order chi connectivity index (χ1) is 4.31. The zero-order chi connectivity index (χ0) is 7.11. The molecule has 0 aliphatic heterocycles. The van der Waals surface area contributed by atoms with Crippen molar-refractivity contribution in [1.82, 2.24) is 5.48 Å². The molecule has 0 bridgehead atoms. The van der Waals surface area contributed by atoms with E-state index >= 15 is 0 Å². The van der Waals surface area contributed by atoms with Crippen LogP contribution in [0.4, 0.5) is 0 Å². The van der Waals surface area contributed by atoms with Gasteiger partial charge in [-0.25, -0.2) is 5.48 Å². The van der Waals surface area contributed by atoms with Gasteiger partial charge in [-0.15, -0.1) is 0 Å². The van der Waals surface area contributed by atoms with Gasteiger partial charge in [0.2, 0.25) is 5.91 Å².